The van der Waals surface area contributed by atoms with Gasteiger partial charge in [0.25, 0.3) is 0 Å². The van der Waals surface area contributed by atoms with Crippen LogP contribution >= 0.6 is 0 Å². The first-order valence-electron chi connectivity index (χ1n) is 7.39. The smallest absolute Gasteiger partial charge is 0.214 e. The highest BCUT2D eigenvalue weighted by Crippen LogP contribution is 2.15. The van der Waals surface area contributed by atoms with E-state index in [-0.39, 0.29) is 16.3 Å². The molecule has 0 fully saturated rings. The van der Waals surface area contributed by atoms with Crippen molar-refractivity contribution in [3.63, 3.8) is 0 Å². The van der Waals surface area contributed by atoms with Gasteiger partial charge in [-0.2, -0.15) is 0 Å². The number of aryl methyl sites for hydroxylation is 1. The number of sulfonamides is 2. The van der Waals surface area contributed by atoms with Gasteiger partial charge in [-0.05, 0) is 48.9 Å². The van der Waals surface area contributed by atoms with E-state index in [1.165, 1.54) is 36.9 Å². The van der Waals surface area contributed by atoms with Crippen molar-refractivity contribution in [2.24, 2.45) is 0 Å². The minimum atomic E-state index is -3.71. The van der Waals surface area contributed by atoms with Crippen molar-refractivity contribution in [2.45, 2.75) is 29.7 Å². The maximum absolute atomic E-state index is 12.3. The number of benzene rings is 2. The van der Waals surface area contributed by atoms with Crippen molar-refractivity contribution in [3.05, 3.63) is 59.7 Å². The van der Waals surface area contributed by atoms with Gasteiger partial charge in [-0.25, -0.2) is 26.3 Å². The summed E-state index contributed by atoms with van der Waals surface area (Å²) >= 11 is 0. The minimum absolute atomic E-state index is 0.0131. The summed E-state index contributed by atoms with van der Waals surface area (Å²) < 4.78 is 52.6. The highest BCUT2D eigenvalue weighted by molar-refractivity contribution is 7.90. The molecular formula is C16H20N2O4S2. The van der Waals surface area contributed by atoms with Crippen LogP contribution in [0.1, 0.15) is 18.1 Å². The van der Waals surface area contributed by atoms with Crippen LogP contribution in [0.5, 0.6) is 0 Å². The molecule has 130 valence electrons. The summed E-state index contributed by atoms with van der Waals surface area (Å²) in [6, 6.07) is 12.7. The molecule has 8 heteroatoms. The zero-order valence-electron chi connectivity index (χ0n) is 13.5. The second-order valence-electron chi connectivity index (χ2n) is 5.17. The van der Waals surface area contributed by atoms with Crippen LogP contribution in [0.4, 0.5) is 0 Å². The molecule has 2 N–H and O–H groups in total. The van der Waals surface area contributed by atoms with Gasteiger partial charge in [0.1, 0.15) is 0 Å². The molecule has 0 bridgehead atoms. The lowest BCUT2D eigenvalue weighted by molar-refractivity contribution is 0.579. The largest absolute Gasteiger partial charge is 0.240 e. The second kappa shape index (κ2) is 7.43. The lowest BCUT2D eigenvalue weighted by Gasteiger charge is -2.08. The Balaban J connectivity index is 2.12. The van der Waals surface area contributed by atoms with Crippen LogP contribution in [-0.4, -0.2) is 23.9 Å². The predicted molar refractivity (Wildman–Crippen MR) is 92.5 cm³/mol. The monoisotopic (exact) mass is 368 g/mol. The fourth-order valence-corrected chi connectivity index (χ4v) is 3.82. The number of nitrogens with one attached hydrogen (secondary N) is 2. The summed E-state index contributed by atoms with van der Waals surface area (Å²) in [7, 11) is -6.00. The van der Waals surface area contributed by atoms with Gasteiger partial charge in [-0.3, -0.25) is 0 Å². The Morgan fingerprint density at radius 3 is 1.67 bits per heavy atom. The van der Waals surface area contributed by atoms with Crippen molar-refractivity contribution in [1.29, 1.82) is 0 Å². The van der Waals surface area contributed by atoms with E-state index >= 15 is 0 Å². The van der Waals surface area contributed by atoms with E-state index in [1.807, 2.05) is 24.3 Å². The zero-order valence-corrected chi connectivity index (χ0v) is 15.1. The first-order chi connectivity index (χ1) is 11.3. The molecule has 24 heavy (non-hydrogen) atoms. The highest BCUT2D eigenvalue weighted by atomic mass is 32.2. The first kappa shape index (κ1) is 18.6. The summed E-state index contributed by atoms with van der Waals surface area (Å²) in [4.78, 5) is 0.0295. The van der Waals surface area contributed by atoms with Crippen molar-refractivity contribution in [2.75, 3.05) is 7.05 Å². The molecule has 0 saturated carbocycles. The maximum atomic E-state index is 12.3. The zero-order chi connectivity index (χ0) is 17.8. The number of hydrogen-bond acceptors (Lipinski definition) is 4. The standard InChI is InChI=1S/C16H20N2O4S2/c1-3-13-4-6-14(7-5-13)12-18-24(21,22)16-10-8-15(9-11-16)23(19,20)17-2/h4-11,17-18H,3,12H2,1-2H3. The average molecular weight is 368 g/mol. The molecule has 0 saturated heterocycles. The Morgan fingerprint density at radius 1 is 0.750 bits per heavy atom. The van der Waals surface area contributed by atoms with E-state index in [0.717, 1.165) is 12.0 Å². The van der Waals surface area contributed by atoms with Gasteiger partial charge < -0.3 is 0 Å². The second-order valence-corrected chi connectivity index (χ2v) is 8.83. The fourth-order valence-electron chi connectivity index (χ4n) is 2.07. The molecule has 0 aromatic heterocycles. The van der Waals surface area contributed by atoms with Gasteiger partial charge in [-0.15, -0.1) is 0 Å². The number of rotatable bonds is 7. The first-order valence-corrected chi connectivity index (χ1v) is 10.4. The van der Waals surface area contributed by atoms with Crippen LogP contribution in [0.25, 0.3) is 0 Å². The van der Waals surface area contributed by atoms with Crippen LogP contribution < -0.4 is 9.44 Å². The Labute approximate surface area is 143 Å². The van der Waals surface area contributed by atoms with Gasteiger partial charge in [0, 0.05) is 6.54 Å². The summed E-state index contributed by atoms with van der Waals surface area (Å²) in [5.74, 6) is 0. The van der Waals surface area contributed by atoms with Crippen LogP contribution in [-0.2, 0) is 33.0 Å². The molecule has 2 rings (SSSR count). The topological polar surface area (TPSA) is 92.3 Å². The molecule has 0 spiro atoms. The molecule has 2 aromatic carbocycles. The van der Waals surface area contributed by atoms with Gasteiger partial charge in [-0.1, -0.05) is 31.2 Å². The fraction of sp³-hybridized carbons (Fsp3) is 0.250. The van der Waals surface area contributed by atoms with Gasteiger partial charge >= 0.3 is 0 Å². The predicted octanol–water partition coefficient (Wildman–Crippen LogP) is 1.64. The summed E-state index contributed by atoms with van der Waals surface area (Å²) in [5.41, 5.74) is 2.04. The molecule has 0 aliphatic rings. The van der Waals surface area contributed by atoms with Crippen LogP contribution in [0.15, 0.2) is 58.3 Å². The summed E-state index contributed by atoms with van der Waals surface area (Å²) in [6.07, 6.45) is 0.924. The Morgan fingerprint density at radius 2 is 1.21 bits per heavy atom. The molecule has 6 nitrogen and oxygen atoms in total. The van der Waals surface area contributed by atoms with E-state index in [2.05, 4.69) is 16.4 Å². The normalized spacial score (nSPS) is 12.2. The molecule has 0 heterocycles. The summed E-state index contributed by atoms with van der Waals surface area (Å²) in [6.45, 7) is 2.22. The van der Waals surface area contributed by atoms with E-state index in [4.69, 9.17) is 0 Å². The van der Waals surface area contributed by atoms with E-state index in [1.54, 1.807) is 0 Å². The lowest BCUT2D eigenvalue weighted by Crippen LogP contribution is -2.23. The van der Waals surface area contributed by atoms with E-state index in [0.29, 0.717) is 0 Å². The molecule has 0 aliphatic heterocycles. The molecule has 0 amide bonds. The van der Waals surface area contributed by atoms with Crippen LogP contribution in [0, 0.1) is 0 Å². The van der Waals surface area contributed by atoms with Gasteiger partial charge in [0.2, 0.25) is 20.0 Å². The third-order valence-corrected chi connectivity index (χ3v) is 6.46. The third-order valence-electron chi connectivity index (χ3n) is 3.61. The third kappa shape index (κ3) is 4.41. The minimum Gasteiger partial charge on any atom is -0.214 e. The Kier molecular flexibility index (Phi) is 5.76. The Bertz CT molecular complexity index is 888. The average Bonchev–Trinajstić information content (AvgIpc) is 2.60. The molecule has 2 aromatic rings. The van der Waals surface area contributed by atoms with Gasteiger partial charge in [0.15, 0.2) is 0 Å². The van der Waals surface area contributed by atoms with Crippen molar-refractivity contribution >= 4 is 20.0 Å². The van der Waals surface area contributed by atoms with Crippen LogP contribution in [0.2, 0.25) is 0 Å². The molecular weight excluding hydrogens is 348 g/mol. The molecule has 0 radical (unpaired) electrons. The maximum Gasteiger partial charge on any atom is 0.240 e. The van der Waals surface area contributed by atoms with Gasteiger partial charge in [0.05, 0.1) is 9.79 Å². The van der Waals surface area contributed by atoms with Crippen LogP contribution in [0.3, 0.4) is 0 Å². The van der Waals surface area contributed by atoms with E-state index < -0.39 is 20.0 Å². The Hall–Kier alpha value is -1.74. The van der Waals surface area contributed by atoms with Crippen molar-refractivity contribution < 1.29 is 16.8 Å². The van der Waals surface area contributed by atoms with E-state index in [9.17, 15) is 16.8 Å². The van der Waals surface area contributed by atoms with Crippen molar-refractivity contribution in [3.8, 4) is 0 Å². The molecule has 0 aliphatic carbocycles. The SMILES string of the molecule is CCc1ccc(CNS(=O)(=O)c2ccc(S(=O)(=O)NC)cc2)cc1. The number of hydrogen-bond donors (Lipinski definition) is 2. The highest BCUT2D eigenvalue weighted by Gasteiger charge is 2.16. The quantitative estimate of drug-likeness (QED) is 0.777. The summed E-state index contributed by atoms with van der Waals surface area (Å²) in [5, 5.41) is 0. The lowest BCUT2D eigenvalue weighted by atomic mass is 10.1. The molecule has 0 unspecified atom stereocenters. The van der Waals surface area contributed by atoms with Crippen molar-refractivity contribution in [1.82, 2.24) is 9.44 Å². The molecule has 0 atom stereocenters.